The van der Waals surface area contributed by atoms with Gasteiger partial charge in [-0.05, 0) is 66.2 Å². The van der Waals surface area contributed by atoms with E-state index in [2.05, 4.69) is 90.5 Å². The highest BCUT2D eigenvalue weighted by Gasteiger charge is 2.33. The number of pyridine rings is 1. The van der Waals surface area contributed by atoms with E-state index in [1.54, 1.807) is 0 Å². The number of aryl methyl sites for hydroxylation is 2. The Balaban J connectivity index is 2.05. The Morgan fingerprint density at radius 3 is 2.45 bits per heavy atom. The molecular formula is C27H34NO+. The van der Waals surface area contributed by atoms with Gasteiger partial charge in [-0.1, -0.05) is 46.8 Å². The van der Waals surface area contributed by atoms with Crippen LogP contribution in [-0.4, -0.2) is 0 Å². The molecule has 2 heterocycles. The molecule has 1 aliphatic rings. The summed E-state index contributed by atoms with van der Waals surface area (Å²) >= 11 is 0. The van der Waals surface area contributed by atoms with E-state index in [4.69, 9.17) is 4.74 Å². The van der Waals surface area contributed by atoms with Crippen LogP contribution in [0.2, 0.25) is 0 Å². The molecule has 0 unspecified atom stereocenters. The third-order valence-electron chi connectivity index (χ3n) is 5.95. The number of benzene rings is 2. The molecule has 4 rings (SSSR count). The van der Waals surface area contributed by atoms with Crippen molar-refractivity contribution in [2.45, 2.75) is 61.3 Å². The number of rotatable bonds is 3. The molecule has 0 saturated carbocycles. The van der Waals surface area contributed by atoms with Crippen molar-refractivity contribution in [3.8, 4) is 22.8 Å². The molecule has 1 aliphatic heterocycles. The number of fused-ring (bicyclic) bond motifs is 2. The van der Waals surface area contributed by atoms with Crippen LogP contribution in [0.15, 0.2) is 30.5 Å². The molecule has 29 heavy (non-hydrogen) atoms. The number of aromatic nitrogens is 1. The highest BCUT2D eigenvalue weighted by molar-refractivity contribution is 6.05. The second-order valence-electron chi connectivity index (χ2n) is 10.5. The Kier molecular flexibility index (Phi) is 4.72. The summed E-state index contributed by atoms with van der Waals surface area (Å²) in [5.41, 5.74) is 8.09. The van der Waals surface area contributed by atoms with Gasteiger partial charge >= 0.3 is 0 Å². The van der Waals surface area contributed by atoms with Gasteiger partial charge in [0.2, 0.25) is 5.75 Å². The fraction of sp³-hybridized carbons (Fsp3) is 0.444. The minimum atomic E-state index is 0.202. The lowest BCUT2D eigenvalue weighted by Gasteiger charge is -2.26. The summed E-state index contributed by atoms with van der Waals surface area (Å²) in [5.74, 6) is 2.68. The third kappa shape index (κ3) is 3.54. The Hall–Kier alpha value is -2.35. The molecule has 0 aliphatic carbocycles. The van der Waals surface area contributed by atoms with Crippen molar-refractivity contribution in [1.82, 2.24) is 0 Å². The highest BCUT2D eigenvalue weighted by atomic mass is 16.5. The summed E-state index contributed by atoms with van der Waals surface area (Å²) in [6.45, 7) is 15.9. The van der Waals surface area contributed by atoms with Crippen molar-refractivity contribution in [3.63, 3.8) is 0 Å². The fourth-order valence-electron chi connectivity index (χ4n) is 4.66. The zero-order chi connectivity index (χ0) is 21.1. The minimum absolute atomic E-state index is 0.202. The third-order valence-corrected chi connectivity index (χ3v) is 5.95. The summed E-state index contributed by atoms with van der Waals surface area (Å²) in [7, 11) is 2.13. The van der Waals surface area contributed by atoms with E-state index in [1.807, 2.05) is 0 Å². The van der Waals surface area contributed by atoms with Crippen LogP contribution in [0.5, 0.6) is 11.5 Å². The molecule has 0 N–H and O–H groups in total. The van der Waals surface area contributed by atoms with E-state index in [0.717, 1.165) is 24.3 Å². The summed E-state index contributed by atoms with van der Waals surface area (Å²) in [6, 6.07) is 9.20. The molecule has 0 amide bonds. The molecule has 2 heteroatoms. The average molecular weight is 389 g/mol. The van der Waals surface area contributed by atoms with Gasteiger partial charge in [0.15, 0.2) is 6.20 Å². The molecule has 1 aromatic heterocycles. The van der Waals surface area contributed by atoms with Crippen LogP contribution in [-0.2, 0) is 19.9 Å². The van der Waals surface area contributed by atoms with Gasteiger partial charge in [-0.15, -0.1) is 0 Å². The Morgan fingerprint density at radius 1 is 1.07 bits per heavy atom. The SMILES string of the molecule is Cc1cc2cc(CC(C)C)cc3c2c(c1C)-c1c(c(CC(C)(C)C)cc[n+]1C)O3. The van der Waals surface area contributed by atoms with E-state index in [9.17, 15) is 0 Å². The van der Waals surface area contributed by atoms with Gasteiger partial charge in [0.25, 0.3) is 5.69 Å². The van der Waals surface area contributed by atoms with E-state index in [0.29, 0.717) is 5.92 Å². The molecule has 0 saturated heterocycles. The van der Waals surface area contributed by atoms with Gasteiger partial charge in [-0.25, -0.2) is 0 Å². The minimum Gasteiger partial charge on any atom is -0.449 e. The molecule has 2 nitrogen and oxygen atoms in total. The zero-order valence-electron chi connectivity index (χ0n) is 19.2. The molecular weight excluding hydrogens is 354 g/mol. The van der Waals surface area contributed by atoms with Gasteiger partial charge in [0.05, 0.1) is 5.56 Å². The predicted octanol–water partition coefficient (Wildman–Crippen LogP) is 6.84. The van der Waals surface area contributed by atoms with Gasteiger partial charge in [0, 0.05) is 17.0 Å². The summed E-state index contributed by atoms with van der Waals surface area (Å²) in [6.07, 6.45) is 4.25. The quantitative estimate of drug-likeness (QED) is 0.350. The lowest BCUT2D eigenvalue weighted by atomic mass is 9.85. The largest absolute Gasteiger partial charge is 0.449 e. The van der Waals surface area contributed by atoms with Crippen molar-refractivity contribution in [1.29, 1.82) is 0 Å². The highest BCUT2D eigenvalue weighted by Crippen LogP contribution is 2.49. The number of nitrogens with zero attached hydrogens (tertiary/aromatic N) is 1. The van der Waals surface area contributed by atoms with Crippen molar-refractivity contribution in [2.75, 3.05) is 0 Å². The normalized spacial score (nSPS) is 13.0. The lowest BCUT2D eigenvalue weighted by Crippen LogP contribution is -2.33. The van der Waals surface area contributed by atoms with E-state index in [-0.39, 0.29) is 5.41 Å². The van der Waals surface area contributed by atoms with Crippen molar-refractivity contribution < 1.29 is 9.30 Å². The van der Waals surface area contributed by atoms with Crippen LogP contribution in [0, 0.1) is 25.2 Å². The first-order valence-electron chi connectivity index (χ1n) is 10.8. The van der Waals surface area contributed by atoms with E-state index < -0.39 is 0 Å². The summed E-state index contributed by atoms with van der Waals surface area (Å²) in [5, 5.41) is 2.56. The monoisotopic (exact) mass is 388 g/mol. The maximum Gasteiger partial charge on any atom is 0.256 e. The van der Waals surface area contributed by atoms with E-state index >= 15 is 0 Å². The summed E-state index contributed by atoms with van der Waals surface area (Å²) < 4.78 is 8.93. The molecule has 0 atom stereocenters. The van der Waals surface area contributed by atoms with Crippen LogP contribution in [0.4, 0.5) is 0 Å². The predicted molar refractivity (Wildman–Crippen MR) is 122 cm³/mol. The van der Waals surface area contributed by atoms with Crippen LogP contribution < -0.4 is 9.30 Å². The summed E-state index contributed by atoms with van der Waals surface area (Å²) in [4.78, 5) is 0. The Bertz CT molecular complexity index is 1120. The van der Waals surface area contributed by atoms with Crippen LogP contribution in [0.1, 0.15) is 56.9 Å². The molecule has 0 bridgehead atoms. The van der Waals surface area contributed by atoms with Crippen molar-refractivity contribution in [3.05, 3.63) is 52.7 Å². The van der Waals surface area contributed by atoms with Gasteiger partial charge < -0.3 is 4.74 Å². The first-order chi connectivity index (χ1) is 13.5. The number of hydrogen-bond acceptors (Lipinski definition) is 1. The van der Waals surface area contributed by atoms with Gasteiger partial charge in [-0.3, -0.25) is 0 Å². The van der Waals surface area contributed by atoms with E-state index in [1.165, 1.54) is 44.3 Å². The first kappa shape index (κ1) is 19.9. The molecule has 0 radical (unpaired) electrons. The number of hydrogen-bond donors (Lipinski definition) is 0. The maximum absolute atomic E-state index is 6.70. The van der Waals surface area contributed by atoms with Crippen LogP contribution >= 0.6 is 0 Å². The molecule has 152 valence electrons. The van der Waals surface area contributed by atoms with Crippen molar-refractivity contribution >= 4 is 10.8 Å². The van der Waals surface area contributed by atoms with Gasteiger partial charge in [0.1, 0.15) is 12.8 Å². The van der Waals surface area contributed by atoms with Gasteiger partial charge in [-0.2, -0.15) is 4.57 Å². The number of ether oxygens (including phenoxy) is 1. The second-order valence-corrected chi connectivity index (χ2v) is 10.5. The second kappa shape index (κ2) is 6.86. The average Bonchev–Trinajstić information content (AvgIpc) is 2.59. The molecule has 0 spiro atoms. The maximum atomic E-state index is 6.70. The Labute approximate surface area is 175 Å². The molecule has 3 aromatic rings. The smallest absolute Gasteiger partial charge is 0.256 e. The topological polar surface area (TPSA) is 13.1 Å². The zero-order valence-corrected chi connectivity index (χ0v) is 19.2. The standard InChI is InChI=1S/C27H34NO/c1-16(2)11-19-13-21-12-17(3)18(4)23-24(21)22(14-19)29-26-20(15-27(5,6)7)9-10-28(8)25(23)26/h9-10,12-14,16H,11,15H2,1-8H3/q+1. The lowest BCUT2D eigenvalue weighted by molar-refractivity contribution is -0.660. The van der Waals surface area contributed by atoms with Crippen LogP contribution in [0.3, 0.4) is 0 Å². The molecule has 2 aromatic carbocycles. The first-order valence-corrected chi connectivity index (χ1v) is 10.8. The Morgan fingerprint density at radius 2 is 1.79 bits per heavy atom. The molecule has 0 fully saturated rings. The fourth-order valence-corrected chi connectivity index (χ4v) is 4.66. The van der Waals surface area contributed by atoms with Crippen molar-refractivity contribution in [2.24, 2.45) is 18.4 Å². The van der Waals surface area contributed by atoms with Crippen LogP contribution in [0.25, 0.3) is 22.0 Å².